The van der Waals surface area contributed by atoms with Gasteiger partial charge in [0.05, 0.1) is 11.8 Å². The molecule has 0 aliphatic heterocycles. The molecule has 1 rings (SSSR count). The summed E-state index contributed by atoms with van der Waals surface area (Å²) in [5, 5.41) is 0. The highest BCUT2D eigenvalue weighted by atomic mass is 16.3. The Hall–Kier alpha value is -1.78. The molecule has 5 heteroatoms. The molecular formula is C20H34N2O3. The molecule has 5 nitrogen and oxygen atoms in total. The molecule has 0 radical (unpaired) electrons. The summed E-state index contributed by atoms with van der Waals surface area (Å²) in [7, 11) is 0. The summed E-state index contributed by atoms with van der Waals surface area (Å²) in [6.07, 6.45) is 9.71. The molecule has 0 spiro atoms. The first-order valence-electron chi connectivity index (χ1n) is 9.73. The molecule has 0 fully saturated rings. The van der Waals surface area contributed by atoms with Crippen molar-refractivity contribution >= 4 is 11.8 Å². The van der Waals surface area contributed by atoms with Gasteiger partial charge in [0.2, 0.25) is 5.91 Å². The summed E-state index contributed by atoms with van der Waals surface area (Å²) in [6, 6.07) is 1.68. The van der Waals surface area contributed by atoms with Gasteiger partial charge in [0.25, 0.3) is 5.91 Å². The standard InChI is InChI=1S/C20H34N2O3/c1-4-7-8-9-14-22(20(24)18-11-16-25-17-18)15-10-19(23)21(12-5-2)13-6-3/h11,16-17H,4-10,12-15H2,1-3H3. The van der Waals surface area contributed by atoms with Gasteiger partial charge in [0.1, 0.15) is 6.26 Å². The lowest BCUT2D eigenvalue weighted by Gasteiger charge is -2.25. The normalized spacial score (nSPS) is 10.7. The van der Waals surface area contributed by atoms with Crippen molar-refractivity contribution in [3.63, 3.8) is 0 Å². The fraction of sp³-hybridized carbons (Fsp3) is 0.700. The van der Waals surface area contributed by atoms with Crippen molar-refractivity contribution in [2.75, 3.05) is 26.2 Å². The van der Waals surface area contributed by atoms with Crippen molar-refractivity contribution in [2.45, 2.75) is 65.7 Å². The molecule has 0 bridgehead atoms. The van der Waals surface area contributed by atoms with Gasteiger partial charge in [-0.1, -0.05) is 40.0 Å². The average Bonchev–Trinajstić information content (AvgIpc) is 3.14. The molecular weight excluding hydrogens is 316 g/mol. The zero-order valence-corrected chi connectivity index (χ0v) is 16.1. The molecule has 1 aromatic rings. The summed E-state index contributed by atoms with van der Waals surface area (Å²) in [4.78, 5) is 28.8. The average molecular weight is 351 g/mol. The number of nitrogens with zero attached hydrogens (tertiary/aromatic N) is 2. The predicted molar refractivity (Wildman–Crippen MR) is 101 cm³/mol. The molecule has 0 unspecified atom stereocenters. The lowest BCUT2D eigenvalue weighted by Crippen LogP contribution is -2.38. The molecule has 1 heterocycles. The molecule has 25 heavy (non-hydrogen) atoms. The summed E-state index contributed by atoms with van der Waals surface area (Å²) in [6.45, 7) is 9.08. The van der Waals surface area contributed by atoms with Gasteiger partial charge in [0.15, 0.2) is 0 Å². The minimum Gasteiger partial charge on any atom is -0.472 e. The molecule has 2 amide bonds. The highest BCUT2D eigenvalue weighted by Gasteiger charge is 2.19. The van der Waals surface area contributed by atoms with E-state index in [1.807, 2.05) is 4.90 Å². The van der Waals surface area contributed by atoms with Crippen LogP contribution in [-0.2, 0) is 4.79 Å². The predicted octanol–water partition coefficient (Wildman–Crippen LogP) is 4.34. The highest BCUT2D eigenvalue weighted by molar-refractivity contribution is 5.94. The van der Waals surface area contributed by atoms with Crippen LogP contribution in [0.1, 0.15) is 76.1 Å². The van der Waals surface area contributed by atoms with Gasteiger partial charge in [-0.3, -0.25) is 9.59 Å². The second-order valence-electron chi connectivity index (χ2n) is 6.50. The van der Waals surface area contributed by atoms with E-state index < -0.39 is 0 Å². The number of furan rings is 1. The molecule has 1 aromatic heterocycles. The monoisotopic (exact) mass is 350 g/mol. The van der Waals surface area contributed by atoms with Crippen molar-refractivity contribution in [3.05, 3.63) is 24.2 Å². The van der Waals surface area contributed by atoms with Crippen LogP contribution >= 0.6 is 0 Å². The maximum atomic E-state index is 12.6. The Labute approximate surface area is 152 Å². The smallest absolute Gasteiger partial charge is 0.257 e. The van der Waals surface area contributed by atoms with Gasteiger partial charge in [-0.15, -0.1) is 0 Å². The quantitative estimate of drug-likeness (QED) is 0.497. The maximum Gasteiger partial charge on any atom is 0.257 e. The Morgan fingerprint density at radius 1 is 0.880 bits per heavy atom. The van der Waals surface area contributed by atoms with Gasteiger partial charge < -0.3 is 14.2 Å². The number of carbonyl (C=O) groups is 2. The van der Waals surface area contributed by atoms with Crippen LogP contribution in [0.5, 0.6) is 0 Å². The molecule has 0 aromatic carbocycles. The zero-order chi connectivity index (χ0) is 18.5. The third kappa shape index (κ3) is 7.76. The van der Waals surface area contributed by atoms with E-state index in [0.717, 1.165) is 45.2 Å². The van der Waals surface area contributed by atoms with Crippen LogP contribution in [0.4, 0.5) is 0 Å². The summed E-state index contributed by atoms with van der Waals surface area (Å²) in [5.74, 6) is 0.0952. The van der Waals surface area contributed by atoms with E-state index in [-0.39, 0.29) is 11.8 Å². The van der Waals surface area contributed by atoms with Crippen molar-refractivity contribution in [1.29, 1.82) is 0 Å². The summed E-state index contributed by atoms with van der Waals surface area (Å²) >= 11 is 0. The van der Waals surface area contributed by atoms with Gasteiger partial charge >= 0.3 is 0 Å². The molecule has 0 atom stereocenters. The second-order valence-corrected chi connectivity index (χ2v) is 6.50. The van der Waals surface area contributed by atoms with Crippen LogP contribution in [0.25, 0.3) is 0 Å². The number of hydrogen-bond acceptors (Lipinski definition) is 3. The molecule has 142 valence electrons. The topological polar surface area (TPSA) is 53.8 Å². The van der Waals surface area contributed by atoms with E-state index in [0.29, 0.717) is 25.1 Å². The largest absolute Gasteiger partial charge is 0.472 e. The van der Waals surface area contributed by atoms with E-state index in [2.05, 4.69) is 20.8 Å². The molecule has 0 aliphatic rings. The molecule has 0 saturated heterocycles. The minimum atomic E-state index is -0.0458. The molecule has 0 aliphatic carbocycles. The number of amides is 2. The van der Waals surface area contributed by atoms with E-state index in [1.54, 1.807) is 11.0 Å². The Morgan fingerprint density at radius 3 is 2.16 bits per heavy atom. The van der Waals surface area contributed by atoms with Gasteiger partial charge in [0, 0.05) is 32.6 Å². The van der Waals surface area contributed by atoms with E-state index in [9.17, 15) is 9.59 Å². The lowest BCUT2D eigenvalue weighted by atomic mass is 10.2. The Kier molecular flexibility index (Phi) is 10.7. The van der Waals surface area contributed by atoms with Crippen molar-refractivity contribution in [1.82, 2.24) is 9.80 Å². The van der Waals surface area contributed by atoms with Gasteiger partial charge in [-0.25, -0.2) is 0 Å². The third-order valence-electron chi connectivity index (χ3n) is 4.27. The SMILES string of the molecule is CCCCCCN(CCC(=O)N(CCC)CCC)C(=O)c1ccoc1. The lowest BCUT2D eigenvalue weighted by molar-refractivity contribution is -0.131. The van der Waals surface area contributed by atoms with Crippen molar-refractivity contribution < 1.29 is 14.0 Å². The third-order valence-corrected chi connectivity index (χ3v) is 4.27. The maximum absolute atomic E-state index is 12.6. The fourth-order valence-corrected chi connectivity index (χ4v) is 2.90. The Morgan fingerprint density at radius 2 is 1.60 bits per heavy atom. The van der Waals surface area contributed by atoms with E-state index >= 15 is 0 Å². The van der Waals surface area contributed by atoms with E-state index in [1.165, 1.54) is 18.9 Å². The van der Waals surface area contributed by atoms with Crippen LogP contribution in [0.2, 0.25) is 0 Å². The fourth-order valence-electron chi connectivity index (χ4n) is 2.90. The first-order valence-corrected chi connectivity index (χ1v) is 9.73. The summed E-state index contributed by atoms with van der Waals surface area (Å²) in [5.41, 5.74) is 0.557. The van der Waals surface area contributed by atoms with Gasteiger partial charge in [-0.05, 0) is 25.3 Å². The van der Waals surface area contributed by atoms with E-state index in [4.69, 9.17) is 4.42 Å². The Balaban J connectivity index is 2.62. The highest BCUT2D eigenvalue weighted by Crippen LogP contribution is 2.10. The first kappa shape index (κ1) is 21.3. The zero-order valence-electron chi connectivity index (χ0n) is 16.1. The second kappa shape index (κ2) is 12.6. The summed E-state index contributed by atoms with van der Waals surface area (Å²) < 4.78 is 5.03. The van der Waals surface area contributed by atoms with Crippen molar-refractivity contribution in [2.24, 2.45) is 0 Å². The van der Waals surface area contributed by atoms with Crippen LogP contribution < -0.4 is 0 Å². The van der Waals surface area contributed by atoms with Gasteiger partial charge in [-0.2, -0.15) is 0 Å². The molecule has 0 N–H and O–H groups in total. The number of unbranched alkanes of at least 4 members (excludes halogenated alkanes) is 3. The van der Waals surface area contributed by atoms with Crippen LogP contribution in [-0.4, -0.2) is 47.8 Å². The van der Waals surface area contributed by atoms with Crippen LogP contribution in [0, 0.1) is 0 Å². The number of carbonyl (C=O) groups excluding carboxylic acids is 2. The minimum absolute atomic E-state index is 0.0458. The first-order chi connectivity index (χ1) is 12.1. The van der Waals surface area contributed by atoms with Crippen LogP contribution in [0.3, 0.4) is 0 Å². The number of rotatable bonds is 13. The number of hydrogen-bond donors (Lipinski definition) is 0. The molecule has 0 saturated carbocycles. The van der Waals surface area contributed by atoms with Crippen molar-refractivity contribution in [3.8, 4) is 0 Å². The Bertz CT molecular complexity index is 479. The van der Waals surface area contributed by atoms with Crippen LogP contribution in [0.15, 0.2) is 23.0 Å².